The number of Topliss-reactive ketones (excluding diaryl/α,β-unsaturated/α-hetero) is 2. The largest absolute Gasteiger partial charge is 2.00 e. The average molecular weight is 1310 g/mol. The van der Waals surface area contributed by atoms with Crippen LogP contribution >= 0.6 is 0 Å². The number of nitrogens with zero attached hydrogens (tertiary/aromatic N) is 10. The number of allylic oxidation sites excluding steroid dienone is 8. The summed E-state index contributed by atoms with van der Waals surface area (Å²) in [5, 5.41) is 36.9. The molecule has 4 aromatic heterocycles. The van der Waals surface area contributed by atoms with E-state index in [1.54, 1.807) is 49.9 Å². The van der Waals surface area contributed by atoms with Gasteiger partial charge in [-0.3, -0.25) is 19.6 Å². The first-order chi connectivity index (χ1) is 37.1. The van der Waals surface area contributed by atoms with E-state index in [2.05, 4.69) is 117 Å². The quantitative estimate of drug-likeness (QED) is 0.0346. The van der Waals surface area contributed by atoms with E-state index in [0.717, 1.165) is 56.4 Å². The summed E-state index contributed by atoms with van der Waals surface area (Å²) in [6.07, 6.45) is 26.1. The number of hydrogen-bond acceptors (Lipinski definition) is 13. The van der Waals surface area contributed by atoms with E-state index in [4.69, 9.17) is 23.5 Å². The second kappa shape index (κ2) is 34.7. The molecule has 0 aliphatic carbocycles. The number of halogens is 3. The number of alkyl halides is 3. The van der Waals surface area contributed by atoms with E-state index >= 15 is 0 Å². The summed E-state index contributed by atoms with van der Waals surface area (Å²) in [6.45, 7) is 9.02. The van der Waals surface area contributed by atoms with Crippen LogP contribution in [0.3, 0.4) is 0 Å². The summed E-state index contributed by atoms with van der Waals surface area (Å²) in [7, 11) is -6.09. The molecule has 0 N–H and O–H groups in total. The van der Waals surface area contributed by atoms with Gasteiger partial charge in [0, 0.05) is 48.6 Å². The third kappa shape index (κ3) is 22.1. The fourth-order valence-corrected chi connectivity index (χ4v) is 6.55. The molecule has 0 saturated heterocycles. The Bertz CT molecular complexity index is 3340. The van der Waals surface area contributed by atoms with Crippen LogP contribution in [0.25, 0.3) is 22.5 Å². The zero-order valence-corrected chi connectivity index (χ0v) is 47.8. The van der Waals surface area contributed by atoms with Gasteiger partial charge in [0.05, 0.1) is 35.2 Å². The predicted molar refractivity (Wildman–Crippen MR) is 284 cm³/mol. The van der Waals surface area contributed by atoms with Gasteiger partial charge in [-0.05, 0) is 110 Å². The van der Waals surface area contributed by atoms with Crippen molar-refractivity contribution in [3.63, 3.8) is 0 Å². The van der Waals surface area contributed by atoms with Crippen LogP contribution in [0.15, 0.2) is 215 Å². The topological polar surface area (TPSA) is 274 Å². The van der Waals surface area contributed by atoms with Crippen molar-refractivity contribution in [2.45, 2.75) is 47.1 Å². The fraction of sp³-hybridized carbons (Fsp3) is 0.123. The van der Waals surface area contributed by atoms with Crippen LogP contribution in [-0.4, -0.2) is 61.6 Å². The molecule has 0 bridgehead atoms. The average Bonchev–Trinajstić information content (AvgIpc) is 4.26. The van der Waals surface area contributed by atoms with Crippen LogP contribution in [0.5, 0.6) is 0 Å². The Labute approximate surface area is 503 Å². The molecule has 2 aliphatic rings. The summed E-state index contributed by atoms with van der Waals surface area (Å²) in [5.74, 6) is -1.87. The second-order valence-electron chi connectivity index (χ2n) is 16.1. The maximum Gasteiger partial charge on any atom is 2.00 e. The third-order valence-electron chi connectivity index (χ3n) is 10.5. The number of benzene rings is 3. The number of ketones is 2. The van der Waals surface area contributed by atoms with Gasteiger partial charge in [0.1, 0.15) is 12.1 Å². The van der Waals surface area contributed by atoms with Gasteiger partial charge in [-0.2, -0.15) is 36.1 Å². The van der Waals surface area contributed by atoms with Crippen molar-refractivity contribution in [1.29, 1.82) is 10.5 Å². The Hall–Kier alpha value is -8.18. The van der Waals surface area contributed by atoms with Crippen LogP contribution in [0, 0.1) is 36.5 Å². The maximum atomic E-state index is 10.7. The van der Waals surface area contributed by atoms with Crippen LogP contribution < -0.4 is 20.2 Å². The normalized spacial score (nSPS) is 13.3. The molecular weight excluding hydrogens is 1260 g/mol. The molecule has 81 heavy (non-hydrogen) atoms. The molecule has 0 amide bonds. The Morgan fingerprint density at radius 1 is 0.605 bits per heavy atom. The van der Waals surface area contributed by atoms with Gasteiger partial charge >= 0.3 is 62.0 Å². The Morgan fingerprint density at radius 3 is 1.15 bits per heavy atom. The summed E-state index contributed by atoms with van der Waals surface area (Å²) < 4.78 is 62.9. The van der Waals surface area contributed by atoms with Crippen LogP contribution in [0.2, 0.25) is 0 Å². The van der Waals surface area contributed by atoms with Gasteiger partial charge in [0.15, 0.2) is 21.7 Å². The number of carbonyl (C=O) groups excluding carboxylic acids is 2. The molecule has 9 rings (SSSR count). The van der Waals surface area contributed by atoms with Crippen LogP contribution in [-0.2, 0) is 76.2 Å². The molecule has 3 aromatic carbocycles. The number of aromatic nitrogens is 6. The fourth-order valence-electron chi connectivity index (χ4n) is 6.55. The molecule has 24 heteroatoms. The van der Waals surface area contributed by atoms with Crippen molar-refractivity contribution in [3.8, 4) is 23.5 Å². The molecule has 7 aromatic rings. The minimum absolute atomic E-state index is 0. The first kappa shape index (κ1) is 70.8. The number of carbonyl (C=O) groups is 2. The molecule has 17 nitrogen and oxygen atoms in total. The second-order valence-corrected chi connectivity index (χ2v) is 17.4. The number of aliphatic imine (C=N–C) groups is 2. The van der Waals surface area contributed by atoms with Gasteiger partial charge in [0.2, 0.25) is 0 Å². The summed E-state index contributed by atoms with van der Waals surface area (Å²) in [4.78, 5) is 46.5. The van der Waals surface area contributed by atoms with Crippen molar-refractivity contribution in [3.05, 3.63) is 239 Å². The predicted octanol–water partition coefficient (Wildman–Crippen LogP) is 8.27. The van der Waals surface area contributed by atoms with E-state index in [0.29, 0.717) is 0 Å². The van der Waals surface area contributed by atoms with E-state index in [-0.39, 0.29) is 67.7 Å². The van der Waals surface area contributed by atoms with E-state index in [1.165, 1.54) is 51.0 Å². The number of aryl methyl sites for hydroxylation is 2. The SMILES string of the molecule is C1=C/C(=C(\c2ccc(-n3ccnc3)cc2)c2ccc[n-]2)N=C1.C1=C/C(=C(\c2ccc(-n3ccnc3)cc2)c2ccc[n-]2)N=C1.CC(=O)/C(C#N)=C(/C)[O-].CC(=O)/C(C#N)=C(/C)[O-].Cc1ccccc1C.O=S(=O)([O-])C(F)(F)F.[Ag+].[Cu+2].[Cu+2]. The zero-order valence-electron chi connectivity index (χ0n) is 43.6. The van der Waals surface area contributed by atoms with E-state index < -0.39 is 38.7 Å². The van der Waals surface area contributed by atoms with Crippen molar-refractivity contribution in [2.75, 3.05) is 0 Å². The van der Waals surface area contributed by atoms with Crippen molar-refractivity contribution >= 4 is 45.3 Å². The summed E-state index contributed by atoms with van der Waals surface area (Å²) in [6, 6.07) is 35.9. The first-order valence-corrected chi connectivity index (χ1v) is 24.3. The molecule has 2 radical (unpaired) electrons. The Kier molecular flexibility index (Phi) is 30.4. The summed E-state index contributed by atoms with van der Waals surface area (Å²) in [5.41, 5.74) is 6.73. The summed E-state index contributed by atoms with van der Waals surface area (Å²) >= 11 is 0. The van der Waals surface area contributed by atoms with E-state index in [9.17, 15) is 33.0 Å². The van der Waals surface area contributed by atoms with Crippen LogP contribution in [0.4, 0.5) is 13.2 Å². The van der Waals surface area contributed by atoms with Gasteiger partial charge in [-0.25, -0.2) is 18.4 Å². The Morgan fingerprint density at radius 2 is 0.951 bits per heavy atom. The maximum absolute atomic E-state index is 10.7. The molecule has 0 atom stereocenters. The molecular formula is C57H48AgCu2F3N10O7S. The standard InChI is InChI=1S/2C18H13N4.C8H10.2C6H7NO2.CHF3O3S.Ag.2Cu/c2*1-3-16(20-9-1)18(17-4-2-10-21-17)14-5-7-15(8-6-14)22-12-11-19-13-22;1-7-5-3-4-6-8(7)2;2*1-4(8)6(3-7)5(2)9;2-1(3,4)8(5,6)7;;;/h2*1-13H;3-6H,1-2H3;2*8H,1-2H3;(H,5,6,7);;;/q2*-1;;;;;+1;2*+2/p-3/b2*18-16-;;2*6-4-;;;;. The van der Waals surface area contributed by atoms with Gasteiger partial charge in [0.25, 0.3) is 0 Å². The molecule has 0 fully saturated rings. The number of hydrogen-bond donors (Lipinski definition) is 0. The number of nitriles is 2. The smallest absolute Gasteiger partial charge is 0.875 e. The minimum Gasteiger partial charge on any atom is -0.875 e. The van der Waals surface area contributed by atoms with Gasteiger partial charge in [-0.1, -0.05) is 86.6 Å². The molecule has 428 valence electrons. The molecule has 2 aliphatic heterocycles. The van der Waals surface area contributed by atoms with Crippen molar-refractivity contribution in [1.82, 2.24) is 29.1 Å². The monoisotopic (exact) mass is 1310 g/mol. The van der Waals surface area contributed by atoms with E-state index in [1.807, 2.05) is 70.1 Å². The Balaban J connectivity index is 0.000000516. The molecule has 0 unspecified atom stereocenters. The first-order valence-electron chi connectivity index (χ1n) is 22.9. The van der Waals surface area contributed by atoms with Gasteiger partial charge < -0.3 is 33.9 Å². The minimum atomic E-state index is -6.09. The number of rotatable bonds is 8. The number of imidazole rings is 2. The molecule has 0 saturated carbocycles. The van der Waals surface area contributed by atoms with Crippen molar-refractivity contribution in [2.24, 2.45) is 9.98 Å². The third-order valence-corrected chi connectivity index (χ3v) is 11.1. The zero-order chi connectivity index (χ0) is 57.4. The van der Waals surface area contributed by atoms with Gasteiger partial charge in [-0.15, -0.1) is 22.9 Å². The molecule has 0 spiro atoms. The molecule has 6 heterocycles. The van der Waals surface area contributed by atoms with Crippen molar-refractivity contribution < 1.29 is 102 Å². The van der Waals surface area contributed by atoms with Crippen LogP contribution in [0.1, 0.15) is 61.3 Å².